The average Bonchev–Trinajstić information content (AvgIpc) is 3.27. The van der Waals surface area contributed by atoms with Gasteiger partial charge in [-0.2, -0.15) is 0 Å². The summed E-state index contributed by atoms with van der Waals surface area (Å²) in [5, 5.41) is 2.72. The lowest BCUT2D eigenvalue weighted by atomic mass is 10.3. The number of hydrogen-bond donors (Lipinski definition) is 0. The first-order valence-electron chi connectivity index (χ1n) is 8.03. The number of carbonyl (C=O) groups excluding carboxylic acids is 2. The van der Waals surface area contributed by atoms with E-state index in [-0.39, 0.29) is 12.5 Å². The van der Waals surface area contributed by atoms with E-state index >= 15 is 0 Å². The number of furan rings is 1. The summed E-state index contributed by atoms with van der Waals surface area (Å²) in [6.07, 6.45) is 2.78. The fourth-order valence-corrected chi connectivity index (χ4v) is 3.64. The molecule has 0 aliphatic carbocycles. The fraction of sp³-hybridized carbons (Fsp3) is 0.105. The van der Waals surface area contributed by atoms with Crippen LogP contribution in [0.5, 0.6) is 0 Å². The molecule has 144 valence electrons. The van der Waals surface area contributed by atoms with E-state index in [9.17, 15) is 9.59 Å². The molecular formula is C19H14BrClN2O4S. The van der Waals surface area contributed by atoms with Gasteiger partial charge in [-0.25, -0.2) is 9.78 Å². The first-order valence-corrected chi connectivity index (χ1v) is 10.1. The molecule has 0 aliphatic rings. The van der Waals surface area contributed by atoms with Crippen molar-refractivity contribution in [1.29, 1.82) is 0 Å². The minimum atomic E-state index is -0.527. The Morgan fingerprint density at radius 1 is 1.36 bits per heavy atom. The van der Waals surface area contributed by atoms with Crippen LogP contribution in [-0.2, 0) is 20.9 Å². The number of amides is 1. The number of nitrogens with zero attached hydrogens (tertiary/aromatic N) is 2. The van der Waals surface area contributed by atoms with E-state index < -0.39 is 5.97 Å². The summed E-state index contributed by atoms with van der Waals surface area (Å²) < 4.78 is 11.0. The average molecular weight is 482 g/mol. The summed E-state index contributed by atoms with van der Waals surface area (Å²) in [6, 6.07) is 10.4. The van der Waals surface area contributed by atoms with Crippen LogP contribution in [0.25, 0.3) is 6.08 Å². The molecule has 2 heterocycles. The summed E-state index contributed by atoms with van der Waals surface area (Å²) in [7, 11) is 0. The molecule has 9 heteroatoms. The molecular weight excluding hydrogens is 468 g/mol. The molecule has 0 unspecified atom stereocenters. The molecule has 0 spiro atoms. The third kappa shape index (κ3) is 5.31. The van der Waals surface area contributed by atoms with Crippen LogP contribution >= 0.6 is 38.9 Å². The lowest BCUT2D eigenvalue weighted by Crippen LogP contribution is -2.22. The summed E-state index contributed by atoms with van der Waals surface area (Å²) in [5.41, 5.74) is 1.15. The first kappa shape index (κ1) is 20.3. The van der Waals surface area contributed by atoms with Crippen molar-refractivity contribution in [3.8, 4) is 0 Å². The number of carbonyl (C=O) groups is 2. The van der Waals surface area contributed by atoms with Gasteiger partial charge < -0.3 is 9.15 Å². The van der Waals surface area contributed by atoms with Gasteiger partial charge in [0.2, 0.25) is 5.91 Å². The topological polar surface area (TPSA) is 72.6 Å². The van der Waals surface area contributed by atoms with Gasteiger partial charge in [-0.3, -0.25) is 9.69 Å². The third-order valence-electron chi connectivity index (χ3n) is 3.45. The van der Waals surface area contributed by atoms with Crippen LogP contribution in [0.1, 0.15) is 18.4 Å². The van der Waals surface area contributed by atoms with Gasteiger partial charge in [-0.15, -0.1) is 11.3 Å². The molecule has 0 radical (unpaired) electrons. The smallest absolute Gasteiger partial charge is 0.331 e. The van der Waals surface area contributed by atoms with Crippen molar-refractivity contribution in [2.45, 2.75) is 13.5 Å². The molecule has 3 aromatic rings. The standard InChI is InChI=1S/C19H14BrClN2O4S/c1-12(24)23(15-4-2-3-13(21)9-15)19-22-14(11-28-19)10-26-18(25)8-6-16-5-7-17(20)27-16/h2-9,11H,10H2,1H3/b8-6+. The van der Waals surface area contributed by atoms with Gasteiger partial charge in [0.05, 0.1) is 11.4 Å². The van der Waals surface area contributed by atoms with E-state index in [1.807, 2.05) is 0 Å². The molecule has 28 heavy (non-hydrogen) atoms. The van der Waals surface area contributed by atoms with E-state index in [4.69, 9.17) is 20.8 Å². The van der Waals surface area contributed by atoms with E-state index in [1.165, 1.54) is 35.3 Å². The Bertz CT molecular complexity index is 1030. The number of thiazole rings is 1. The summed E-state index contributed by atoms with van der Waals surface area (Å²) in [5.74, 6) is -0.202. The van der Waals surface area contributed by atoms with Crippen LogP contribution < -0.4 is 4.90 Å². The predicted molar refractivity (Wildman–Crippen MR) is 112 cm³/mol. The highest BCUT2D eigenvalue weighted by molar-refractivity contribution is 9.10. The second kappa shape index (κ2) is 9.18. The minimum absolute atomic E-state index is 0.0111. The lowest BCUT2D eigenvalue weighted by Gasteiger charge is -2.18. The van der Waals surface area contributed by atoms with Gasteiger partial charge >= 0.3 is 5.97 Å². The van der Waals surface area contributed by atoms with E-state index in [0.717, 1.165) is 0 Å². The minimum Gasteiger partial charge on any atom is -0.456 e. The molecule has 0 bridgehead atoms. The highest BCUT2D eigenvalue weighted by Crippen LogP contribution is 2.30. The van der Waals surface area contributed by atoms with Crippen LogP contribution in [0.3, 0.4) is 0 Å². The van der Waals surface area contributed by atoms with Gasteiger partial charge in [0.1, 0.15) is 12.4 Å². The Kier molecular flexibility index (Phi) is 6.66. The van der Waals surface area contributed by atoms with Gasteiger partial charge in [-0.05, 0) is 52.3 Å². The van der Waals surface area contributed by atoms with Crippen molar-refractivity contribution >= 4 is 67.6 Å². The van der Waals surface area contributed by atoms with Gasteiger partial charge in [0.25, 0.3) is 0 Å². The van der Waals surface area contributed by atoms with Crippen molar-refractivity contribution < 1.29 is 18.7 Å². The van der Waals surface area contributed by atoms with E-state index in [2.05, 4.69) is 20.9 Å². The molecule has 2 aromatic heterocycles. The summed E-state index contributed by atoms with van der Waals surface area (Å²) in [6.45, 7) is 1.43. The number of ether oxygens (including phenoxy) is 1. The van der Waals surface area contributed by atoms with Crippen LogP contribution in [0.4, 0.5) is 10.8 Å². The SMILES string of the molecule is CC(=O)N(c1cccc(Cl)c1)c1nc(COC(=O)/C=C/c2ccc(Br)o2)cs1. The largest absolute Gasteiger partial charge is 0.456 e. The number of anilines is 2. The van der Waals surface area contributed by atoms with Gasteiger partial charge in [0, 0.05) is 23.4 Å². The fourth-order valence-electron chi connectivity index (χ4n) is 2.27. The molecule has 1 aromatic carbocycles. The maximum absolute atomic E-state index is 12.1. The normalized spacial score (nSPS) is 11.0. The van der Waals surface area contributed by atoms with Crippen LogP contribution in [0.2, 0.25) is 5.02 Å². The van der Waals surface area contributed by atoms with Gasteiger partial charge in [0.15, 0.2) is 9.80 Å². The third-order valence-corrected chi connectivity index (χ3v) is 4.99. The molecule has 0 aliphatic heterocycles. The Labute approximate surface area is 178 Å². The maximum atomic E-state index is 12.1. The zero-order chi connectivity index (χ0) is 20.1. The van der Waals surface area contributed by atoms with Crippen molar-refractivity contribution in [2.24, 2.45) is 0 Å². The summed E-state index contributed by atoms with van der Waals surface area (Å²) in [4.78, 5) is 29.8. The van der Waals surface area contributed by atoms with Crippen molar-refractivity contribution in [3.63, 3.8) is 0 Å². The zero-order valence-electron chi connectivity index (χ0n) is 14.6. The van der Waals surface area contributed by atoms with Crippen LogP contribution in [-0.4, -0.2) is 16.9 Å². The maximum Gasteiger partial charge on any atom is 0.331 e. The number of benzene rings is 1. The monoisotopic (exact) mass is 480 g/mol. The first-order chi connectivity index (χ1) is 13.4. The number of esters is 1. The number of halogens is 2. The highest BCUT2D eigenvalue weighted by atomic mass is 79.9. The van der Waals surface area contributed by atoms with Crippen LogP contribution in [0.15, 0.2) is 56.9 Å². The molecule has 0 saturated heterocycles. The Morgan fingerprint density at radius 2 is 2.18 bits per heavy atom. The Balaban J connectivity index is 1.65. The van der Waals surface area contributed by atoms with Crippen molar-refractivity contribution in [1.82, 2.24) is 4.98 Å². The zero-order valence-corrected chi connectivity index (χ0v) is 17.8. The van der Waals surface area contributed by atoms with E-state index in [0.29, 0.717) is 32.0 Å². The van der Waals surface area contributed by atoms with Crippen LogP contribution in [0, 0.1) is 0 Å². The molecule has 6 nitrogen and oxygen atoms in total. The van der Waals surface area contributed by atoms with E-state index in [1.54, 1.807) is 41.8 Å². The number of hydrogen-bond acceptors (Lipinski definition) is 6. The van der Waals surface area contributed by atoms with Crippen molar-refractivity contribution in [3.05, 3.63) is 69.0 Å². The highest BCUT2D eigenvalue weighted by Gasteiger charge is 2.18. The van der Waals surface area contributed by atoms with Crippen molar-refractivity contribution in [2.75, 3.05) is 4.90 Å². The number of rotatable bonds is 6. The second-order valence-electron chi connectivity index (χ2n) is 5.54. The second-order valence-corrected chi connectivity index (χ2v) is 7.59. The number of aromatic nitrogens is 1. The molecule has 0 N–H and O–H groups in total. The molecule has 0 atom stereocenters. The Hall–Kier alpha value is -2.42. The summed E-state index contributed by atoms with van der Waals surface area (Å²) >= 11 is 10.5. The molecule has 1 amide bonds. The molecule has 0 fully saturated rings. The quantitative estimate of drug-likeness (QED) is 0.339. The predicted octanol–water partition coefficient (Wildman–Crippen LogP) is 5.59. The Morgan fingerprint density at radius 3 is 2.86 bits per heavy atom. The van der Waals surface area contributed by atoms with Gasteiger partial charge in [-0.1, -0.05) is 17.7 Å². The lowest BCUT2D eigenvalue weighted by molar-refractivity contribution is -0.139. The molecule has 3 rings (SSSR count). The molecule has 0 saturated carbocycles.